The summed E-state index contributed by atoms with van der Waals surface area (Å²) in [5, 5.41) is 21.3. The molecule has 0 spiro atoms. The Morgan fingerprint density at radius 3 is 2.52 bits per heavy atom. The van der Waals surface area contributed by atoms with Gasteiger partial charge in [-0.15, -0.1) is 22.7 Å². The van der Waals surface area contributed by atoms with E-state index in [0.29, 0.717) is 0 Å². The number of thiazole rings is 1. The van der Waals surface area contributed by atoms with Gasteiger partial charge < -0.3 is 15.5 Å². The number of anilines is 1. The first-order valence-electron chi connectivity index (χ1n) is 8.95. The highest BCUT2D eigenvalue weighted by atomic mass is 32.1. The smallest absolute Gasteiger partial charge is 0.450 e. The van der Waals surface area contributed by atoms with E-state index in [2.05, 4.69) is 21.8 Å². The van der Waals surface area contributed by atoms with Gasteiger partial charge in [0, 0.05) is 27.1 Å². The maximum absolute atomic E-state index is 12.5. The van der Waals surface area contributed by atoms with E-state index in [4.69, 9.17) is 15.0 Å². The van der Waals surface area contributed by atoms with Crippen molar-refractivity contribution in [2.45, 2.75) is 51.9 Å². The van der Waals surface area contributed by atoms with Crippen molar-refractivity contribution in [1.29, 1.82) is 0 Å². The van der Waals surface area contributed by atoms with Crippen LogP contribution in [0.1, 0.15) is 48.2 Å². The Morgan fingerprint density at radius 2 is 1.89 bits per heavy atom. The van der Waals surface area contributed by atoms with Gasteiger partial charge in [-0.3, -0.25) is 4.79 Å². The van der Waals surface area contributed by atoms with Crippen LogP contribution in [0.5, 0.6) is 0 Å². The van der Waals surface area contributed by atoms with Gasteiger partial charge in [0.15, 0.2) is 0 Å². The Labute approximate surface area is 165 Å². The van der Waals surface area contributed by atoms with E-state index in [1.165, 1.54) is 28.8 Å². The van der Waals surface area contributed by atoms with Crippen LogP contribution in [0.25, 0.3) is 10.6 Å². The van der Waals surface area contributed by atoms with Gasteiger partial charge in [0.25, 0.3) is 5.91 Å². The van der Waals surface area contributed by atoms with Crippen LogP contribution in [0.4, 0.5) is 9.80 Å². The number of carbonyl (C=O) groups is 2. The molecule has 0 fully saturated rings. The van der Waals surface area contributed by atoms with Crippen molar-refractivity contribution < 1.29 is 19.8 Å². The first-order chi connectivity index (χ1) is 13.0. The first kappa shape index (κ1) is 19.6. The fourth-order valence-electron chi connectivity index (χ4n) is 3.41. The van der Waals surface area contributed by atoms with Crippen LogP contribution >= 0.6 is 22.7 Å². The van der Waals surface area contributed by atoms with E-state index < -0.39 is 6.16 Å². The standard InChI is InChI=1S/C18H20N2OS2.CH2O3/c1-11-10-22-17(19-11)15-13-8-4-5-9-14(13)23-18(15)20-16(21)12-6-2-3-7-12;2-1(3)4/h6,10H,2-5,7-9H2,1H3,(H,20,21);(H2,2,3,4). The number of nitrogens with zero attached hydrogens (tertiary/aromatic N) is 1. The normalized spacial score (nSPS) is 15.4. The van der Waals surface area contributed by atoms with Crippen molar-refractivity contribution in [3.05, 3.63) is 33.2 Å². The number of rotatable bonds is 3. The van der Waals surface area contributed by atoms with Crippen LogP contribution in [-0.2, 0) is 17.6 Å². The topological polar surface area (TPSA) is 99.5 Å². The van der Waals surface area contributed by atoms with Crippen LogP contribution in [0.2, 0.25) is 0 Å². The molecule has 0 bridgehead atoms. The number of hydrogen-bond donors (Lipinski definition) is 3. The van der Waals surface area contributed by atoms with Gasteiger partial charge in [-0.25, -0.2) is 9.78 Å². The Kier molecular flexibility index (Phi) is 6.28. The summed E-state index contributed by atoms with van der Waals surface area (Å²) < 4.78 is 0. The third kappa shape index (κ3) is 4.75. The maximum Gasteiger partial charge on any atom is 0.503 e. The van der Waals surface area contributed by atoms with Crippen molar-refractivity contribution in [3.8, 4) is 10.6 Å². The molecule has 0 aliphatic heterocycles. The molecule has 6 nitrogen and oxygen atoms in total. The number of allylic oxidation sites excluding steroid dienone is 1. The Hall–Kier alpha value is -2.19. The van der Waals surface area contributed by atoms with Crippen molar-refractivity contribution in [3.63, 3.8) is 0 Å². The number of fused-ring (bicyclic) bond motifs is 1. The molecule has 8 heteroatoms. The molecular weight excluding hydrogens is 384 g/mol. The lowest BCUT2D eigenvalue weighted by molar-refractivity contribution is -0.112. The molecule has 2 heterocycles. The number of amides is 1. The van der Waals surface area contributed by atoms with Crippen molar-refractivity contribution in [1.82, 2.24) is 4.98 Å². The Balaban J connectivity index is 0.000000481. The summed E-state index contributed by atoms with van der Waals surface area (Å²) in [6.07, 6.45) is 8.01. The Morgan fingerprint density at radius 1 is 1.15 bits per heavy atom. The fourth-order valence-corrected chi connectivity index (χ4v) is 5.63. The molecule has 2 aliphatic rings. The number of hydrogen-bond acceptors (Lipinski definition) is 5. The third-order valence-corrected chi connectivity index (χ3v) is 6.75. The van der Waals surface area contributed by atoms with Crippen molar-refractivity contribution >= 4 is 39.7 Å². The van der Waals surface area contributed by atoms with Crippen molar-refractivity contribution in [2.75, 3.05) is 5.32 Å². The molecule has 3 N–H and O–H groups in total. The van der Waals surface area contributed by atoms with Crippen LogP contribution in [0.15, 0.2) is 17.0 Å². The van der Waals surface area contributed by atoms with Gasteiger partial charge in [0.05, 0.1) is 0 Å². The first-order valence-corrected chi connectivity index (χ1v) is 10.6. The van der Waals surface area contributed by atoms with Crippen LogP contribution in [0.3, 0.4) is 0 Å². The predicted molar refractivity (Wildman–Crippen MR) is 108 cm³/mol. The molecule has 27 heavy (non-hydrogen) atoms. The molecule has 4 rings (SSSR count). The molecule has 0 saturated carbocycles. The van der Waals surface area contributed by atoms with E-state index in [0.717, 1.165) is 53.4 Å². The molecule has 0 atom stereocenters. The second-order valence-corrected chi connectivity index (χ2v) is 8.53. The zero-order valence-corrected chi connectivity index (χ0v) is 16.7. The summed E-state index contributed by atoms with van der Waals surface area (Å²) in [4.78, 5) is 27.2. The second-order valence-electron chi connectivity index (χ2n) is 6.57. The molecule has 1 amide bonds. The molecule has 0 radical (unpaired) electrons. The molecule has 2 aliphatic carbocycles. The molecular formula is C19H22N2O4S2. The average Bonchev–Trinajstić information content (AvgIpc) is 3.33. The van der Waals surface area contributed by atoms with E-state index in [-0.39, 0.29) is 5.91 Å². The molecule has 0 aromatic carbocycles. The van der Waals surface area contributed by atoms with Crippen LogP contribution in [-0.4, -0.2) is 27.3 Å². The van der Waals surface area contributed by atoms with Gasteiger partial charge in [-0.2, -0.15) is 0 Å². The van der Waals surface area contributed by atoms with Gasteiger partial charge in [0.1, 0.15) is 10.0 Å². The number of aromatic nitrogens is 1. The highest BCUT2D eigenvalue weighted by molar-refractivity contribution is 7.18. The van der Waals surface area contributed by atoms with E-state index in [1.54, 1.807) is 22.7 Å². The minimum Gasteiger partial charge on any atom is -0.450 e. The summed E-state index contributed by atoms with van der Waals surface area (Å²) in [6.45, 7) is 2.03. The lowest BCUT2D eigenvalue weighted by Crippen LogP contribution is -2.13. The average molecular weight is 407 g/mol. The van der Waals surface area contributed by atoms with E-state index in [1.807, 2.05) is 6.92 Å². The van der Waals surface area contributed by atoms with Gasteiger partial charge >= 0.3 is 6.16 Å². The van der Waals surface area contributed by atoms with Crippen molar-refractivity contribution in [2.24, 2.45) is 0 Å². The monoisotopic (exact) mass is 406 g/mol. The molecule has 2 aromatic rings. The van der Waals surface area contributed by atoms with E-state index >= 15 is 0 Å². The van der Waals surface area contributed by atoms with Gasteiger partial charge in [-0.1, -0.05) is 6.08 Å². The molecule has 0 unspecified atom stereocenters. The third-order valence-electron chi connectivity index (χ3n) is 4.56. The number of nitrogens with one attached hydrogen (secondary N) is 1. The summed E-state index contributed by atoms with van der Waals surface area (Å²) in [5.41, 5.74) is 4.61. The molecule has 0 saturated heterocycles. The quantitative estimate of drug-likeness (QED) is 0.640. The maximum atomic E-state index is 12.5. The SMILES string of the molecule is Cc1csc(-c2c(NC(=O)C3=CCCC3)sc3c2CCCC3)n1.O=C(O)O. The second kappa shape index (κ2) is 8.67. The fraction of sp³-hybridized carbons (Fsp3) is 0.421. The number of carbonyl (C=O) groups excluding carboxylic acids is 1. The van der Waals surface area contributed by atoms with Gasteiger partial charge in [0.2, 0.25) is 0 Å². The minimum atomic E-state index is -1.83. The number of thiophene rings is 1. The highest BCUT2D eigenvalue weighted by Gasteiger charge is 2.25. The highest BCUT2D eigenvalue weighted by Crippen LogP contribution is 2.45. The molecule has 2 aromatic heterocycles. The summed E-state index contributed by atoms with van der Waals surface area (Å²) in [5.74, 6) is 0.0793. The number of aryl methyl sites for hydroxylation is 2. The number of carboxylic acid groups (broad SMARTS) is 2. The molecule has 144 valence electrons. The lowest BCUT2D eigenvalue weighted by atomic mass is 9.95. The van der Waals surface area contributed by atoms with Crippen LogP contribution in [0, 0.1) is 6.92 Å². The zero-order valence-electron chi connectivity index (χ0n) is 15.1. The summed E-state index contributed by atoms with van der Waals surface area (Å²) >= 11 is 3.44. The minimum absolute atomic E-state index is 0.0793. The predicted octanol–water partition coefficient (Wildman–Crippen LogP) is 5.33. The lowest BCUT2D eigenvalue weighted by Gasteiger charge is -2.12. The van der Waals surface area contributed by atoms with E-state index in [9.17, 15) is 4.79 Å². The largest absolute Gasteiger partial charge is 0.503 e. The van der Waals surface area contributed by atoms with Crippen LogP contribution < -0.4 is 5.32 Å². The summed E-state index contributed by atoms with van der Waals surface area (Å²) in [6, 6.07) is 0. The summed E-state index contributed by atoms with van der Waals surface area (Å²) in [7, 11) is 0. The zero-order chi connectivity index (χ0) is 19.4. The Bertz CT molecular complexity index is 878. The van der Waals surface area contributed by atoms with Gasteiger partial charge in [-0.05, 0) is 57.4 Å².